The fourth-order valence-corrected chi connectivity index (χ4v) is 5.72. The Morgan fingerprint density at radius 3 is 2.43 bits per heavy atom. The number of piperidine rings is 1. The van der Waals surface area contributed by atoms with Crippen LogP contribution in [0.4, 0.5) is 5.69 Å². The van der Waals surface area contributed by atoms with Crippen molar-refractivity contribution in [3.05, 3.63) is 60.6 Å². The first-order valence-electron chi connectivity index (χ1n) is 12.5. The van der Waals surface area contributed by atoms with Crippen molar-refractivity contribution in [3.8, 4) is 11.1 Å². The molecule has 0 amide bonds. The van der Waals surface area contributed by atoms with Crippen LogP contribution in [0.15, 0.2) is 55.0 Å². The van der Waals surface area contributed by atoms with Crippen LogP contribution in [0.2, 0.25) is 0 Å². The maximum atomic E-state index is 10.0. The van der Waals surface area contributed by atoms with E-state index in [1.54, 1.807) is 0 Å². The Labute approximate surface area is 205 Å². The van der Waals surface area contributed by atoms with Gasteiger partial charge in [0, 0.05) is 56.4 Å². The second kappa shape index (κ2) is 9.20. The van der Waals surface area contributed by atoms with E-state index in [0.717, 1.165) is 51.9 Å². The van der Waals surface area contributed by atoms with Gasteiger partial charge in [0.15, 0.2) is 5.65 Å². The predicted molar refractivity (Wildman–Crippen MR) is 139 cm³/mol. The normalized spacial score (nSPS) is 19.6. The molecule has 0 aliphatic carbocycles. The van der Waals surface area contributed by atoms with Crippen LogP contribution < -0.4 is 10.6 Å². The highest BCUT2D eigenvalue weighted by Crippen LogP contribution is 2.34. The summed E-state index contributed by atoms with van der Waals surface area (Å²) in [6.07, 6.45) is 7.33. The number of piperazine rings is 1. The molecule has 1 atom stereocenters. The molecule has 0 saturated carbocycles. The number of hydrogen-bond donors (Lipinski definition) is 2. The standard InChI is InChI=1S/C27H33N7O/c1-31-12-14-33(15-13-31)19-8-10-32(11-9-19)20-16-29-27-25(17-30-34(27)18-20)23-6-2-5-22-21(23)4-3-7-24(22)26(28)35/h2-7,16-19,26,35H,8-15,28H2,1H3. The van der Waals surface area contributed by atoms with E-state index < -0.39 is 6.23 Å². The van der Waals surface area contributed by atoms with E-state index in [2.05, 4.69) is 45.2 Å². The first-order chi connectivity index (χ1) is 17.1. The molecule has 2 aromatic heterocycles. The van der Waals surface area contributed by atoms with Crippen LogP contribution in [-0.4, -0.2) is 81.9 Å². The third kappa shape index (κ3) is 4.16. The Morgan fingerprint density at radius 1 is 0.914 bits per heavy atom. The monoisotopic (exact) mass is 471 g/mol. The molecular weight excluding hydrogens is 438 g/mol. The maximum Gasteiger partial charge on any atom is 0.162 e. The average molecular weight is 472 g/mol. The van der Waals surface area contributed by atoms with Crippen molar-refractivity contribution in [1.82, 2.24) is 24.4 Å². The summed E-state index contributed by atoms with van der Waals surface area (Å²) in [4.78, 5) is 12.4. The number of nitrogens with two attached hydrogens (primary N) is 1. The van der Waals surface area contributed by atoms with E-state index >= 15 is 0 Å². The highest BCUT2D eigenvalue weighted by Gasteiger charge is 2.27. The van der Waals surface area contributed by atoms with Gasteiger partial charge < -0.3 is 20.6 Å². The van der Waals surface area contributed by atoms with Crippen molar-refractivity contribution >= 4 is 22.1 Å². The van der Waals surface area contributed by atoms with E-state index in [1.165, 1.54) is 39.0 Å². The number of aromatic nitrogens is 3. The van der Waals surface area contributed by atoms with Gasteiger partial charge in [-0.2, -0.15) is 5.10 Å². The lowest BCUT2D eigenvalue weighted by molar-refractivity contribution is 0.0982. The molecule has 2 aliphatic rings. The quantitative estimate of drug-likeness (QED) is 0.443. The number of anilines is 1. The van der Waals surface area contributed by atoms with Crippen LogP contribution in [-0.2, 0) is 0 Å². The lowest BCUT2D eigenvalue weighted by Crippen LogP contribution is -2.52. The number of hydrogen-bond acceptors (Lipinski definition) is 7. The summed E-state index contributed by atoms with van der Waals surface area (Å²) in [7, 11) is 2.21. The Kier molecular flexibility index (Phi) is 5.89. The summed E-state index contributed by atoms with van der Waals surface area (Å²) in [6.45, 7) is 6.81. The van der Waals surface area contributed by atoms with E-state index in [9.17, 15) is 5.11 Å². The van der Waals surface area contributed by atoms with Crippen molar-refractivity contribution in [2.24, 2.45) is 5.73 Å². The molecular formula is C27H33N7O. The minimum absolute atomic E-state index is 0.691. The van der Waals surface area contributed by atoms with Gasteiger partial charge >= 0.3 is 0 Å². The van der Waals surface area contributed by atoms with Gasteiger partial charge in [-0.15, -0.1) is 0 Å². The van der Waals surface area contributed by atoms with Crippen molar-refractivity contribution < 1.29 is 5.11 Å². The summed E-state index contributed by atoms with van der Waals surface area (Å²) >= 11 is 0. The Balaban J connectivity index is 1.24. The Bertz CT molecular complexity index is 1330. The third-order valence-corrected chi connectivity index (χ3v) is 7.79. The molecule has 0 radical (unpaired) electrons. The first kappa shape index (κ1) is 22.4. The van der Waals surface area contributed by atoms with Gasteiger partial charge in [-0.25, -0.2) is 9.50 Å². The minimum atomic E-state index is -1.01. The maximum absolute atomic E-state index is 10.0. The molecule has 3 N–H and O–H groups in total. The zero-order valence-electron chi connectivity index (χ0n) is 20.2. The molecule has 8 nitrogen and oxygen atoms in total. The van der Waals surface area contributed by atoms with Gasteiger partial charge in [0.05, 0.1) is 24.3 Å². The molecule has 2 fully saturated rings. The Morgan fingerprint density at radius 2 is 1.66 bits per heavy atom. The molecule has 182 valence electrons. The molecule has 0 spiro atoms. The fraction of sp³-hybridized carbons (Fsp3) is 0.407. The van der Waals surface area contributed by atoms with Crippen LogP contribution >= 0.6 is 0 Å². The predicted octanol–water partition coefficient (Wildman–Crippen LogP) is 2.72. The molecule has 1 unspecified atom stereocenters. The molecule has 35 heavy (non-hydrogen) atoms. The van der Waals surface area contributed by atoms with Gasteiger partial charge in [0.2, 0.25) is 0 Å². The molecule has 4 aromatic rings. The largest absolute Gasteiger partial charge is 0.375 e. The zero-order valence-corrected chi connectivity index (χ0v) is 20.2. The van der Waals surface area contributed by atoms with Crippen LogP contribution in [0.5, 0.6) is 0 Å². The van der Waals surface area contributed by atoms with Gasteiger partial charge in [-0.3, -0.25) is 4.90 Å². The highest BCUT2D eigenvalue weighted by molar-refractivity contribution is 6.01. The highest BCUT2D eigenvalue weighted by atomic mass is 16.3. The van der Waals surface area contributed by atoms with Crippen molar-refractivity contribution in [3.63, 3.8) is 0 Å². The lowest BCUT2D eigenvalue weighted by atomic mass is 9.96. The average Bonchev–Trinajstić information content (AvgIpc) is 3.31. The molecule has 6 rings (SSSR count). The number of aliphatic hydroxyl groups excluding tert-OH is 1. The van der Waals surface area contributed by atoms with Crippen LogP contribution in [0, 0.1) is 0 Å². The van der Waals surface area contributed by atoms with Gasteiger partial charge in [0.1, 0.15) is 6.23 Å². The van der Waals surface area contributed by atoms with Crippen molar-refractivity contribution in [1.29, 1.82) is 0 Å². The van der Waals surface area contributed by atoms with Crippen molar-refractivity contribution in [2.45, 2.75) is 25.1 Å². The minimum Gasteiger partial charge on any atom is -0.375 e. The smallest absolute Gasteiger partial charge is 0.162 e. The van der Waals surface area contributed by atoms with Gasteiger partial charge in [-0.05, 0) is 36.2 Å². The topological polar surface area (TPSA) is 86.2 Å². The third-order valence-electron chi connectivity index (χ3n) is 7.79. The number of fused-ring (bicyclic) bond motifs is 2. The van der Waals surface area contributed by atoms with Crippen LogP contribution in [0.1, 0.15) is 24.6 Å². The number of nitrogens with zero attached hydrogens (tertiary/aromatic N) is 6. The molecule has 0 bridgehead atoms. The summed E-state index contributed by atoms with van der Waals surface area (Å²) in [5.74, 6) is 0. The second-order valence-electron chi connectivity index (χ2n) is 9.89. The first-order valence-corrected chi connectivity index (χ1v) is 12.5. The van der Waals surface area contributed by atoms with Gasteiger partial charge in [0.25, 0.3) is 0 Å². The number of aliphatic hydroxyl groups is 1. The van der Waals surface area contributed by atoms with Crippen LogP contribution in [0.25, 0.3) is 27.5 Å². The second-order valence-corrected chi connectivity index (χ2v) is 9.89. The molecule has 4 heterocycles. The molecule has 2 aliphatic heterocycles. The Hall–Kier alpha value is -3.04. The van der Waals surface area contributed by atoms with E-state index in [4.69, 9.17) is 10.7 Å². The number of likely N-dealkylation sites (N-methyl/N-ethyl adjacent to an activating group) is 1. The number of benzene rings is 2. The van der Waals surface area contributed by atoms with E-state index in [0.29, 0.717) is 6.04 Å². The van der Waals surface area contributed by atoms with E-state index in [1.807, 2.05) is 41.2 Å². The molecule has 2 aromatic carbocycles. The van der Waals surface area contributed by atoms with E-state index in [-0.39, 0.29) is 0 Å². The fourth-order valence-electron chi connectivity index (χ4n) is 5.72. The number of rotatable bonds is 4. The summed E-state index contributed by atoms with van der Waals surface area (Å²) in [5, 5.41) is 16.6. The molecule has 8 heteroatoms. The SMILES string of the molecule is CN1CCN(C2CCN(c3cnc4c(-c5cccc6c(C(N)O)cccc56)cnn4c3)CC2)CC1. The van der Waals surface area contributed by atoms with Crippen LogP contribution in [0.3, 0.4) is 0 Å². The van der Waals surface area contributed by atoms with Crippen molar-refractivity contribution in [2.75, 3.05) is 51.2 Å². The zero-order chi connectivity index (χ0) is 23.9. The molecule has 2 saturated heterocycles. The van der Waals surface area contributed by atoms with Gasteiger partial charge in [-0.1, -0.05) is 36.4 Å². The lowest BCUT2D eigenvalue weighted by Gasteiger charge is -2.42. The summed E-state index contributed by atoms with van der Waals surface area (Å²) < 4.78 is 1.89. The summed E-state index contributed by atoms with van der Waals surface area (Å²) in [5.41, 5.74) is 10.5. The summed E-state index contributed by atoms with van der Waals surface area (Å²) in [6, 6.07) is 12.6.